The molecule has 6 rings (SSSR count). The van der Waals surface area contributed by atoms with Crippen LogP contribution in [0.15, 0.2) is 133 Å². The zero-order valence-corrected chi connectivity index (χ0v) is 36.1. The van der Waals surface area contributed by atoms with Crippen molar-refractivity contribution in [2.45, 2.75) is 108 Å². The van der Waals surface area contributed by atoms with Crippen LogP contribution in [0.25, 0.3) is 0 Å². The van der Waals surface area contributed by atoms with Crippen LogP contribution in [0.5, 0.6) is 0 Å². The Morgan fingerprint density at radius 1 is 0.717 bits per heavy atom. The predicted molar refractivity (Wildman–Crippen MR) is 237 cm³/mol. The van der Waals surface area contributed by atoms with Gasteiger partial charge in [0.1, 0.15) is 30.3 Å². The number of amides is 4. The maximum absolute atomic E-state index is 14.2. The fraction of sp³-hybridized carbons (Fsp3) is 0.367. The maximum atomic E-state index is 14.2. The Hall–Kier alpha value is -5.65. The zero-order chi connectivity index (χ0) is 42.7. The quantitative estimate of drug-likeness (QED) is 0.0911. The van der Waals surface area contributed by atoms with Gasteiger partial charge >= 0.3 is 0 Å². The normalized spacial score (nSPS) is 21.0. The van der Waals surface area contributed by atoms with Gasteiger partial charge in [-0.05, 0) is 71.6 Å². The molecule has 2 fully saturated rings. The SMILES string of the molecule is C[C@H](O[Si](c1ccccc1)(c1ccccc1)C(C)(C)C)C(=O)/C=C/CCC[C@@H]1NC(=O)[C@H]2CCCN2C(=O)[C@H](Cc2ccccc2)NC(=O)[C@H](Cc2ccccc2)NC1=O. The molecule has 0 unspecified atom stereocenters. The largest absolute Gasteiger partial charge is 0.397 e. The highest BCUT2D eigenvalue weighted by atomic mass is 28.4. The summed E-state index contributed by atoms with van der Waals surface area (Å²) in [6.45, 7) is 8.69. The molecule has 0 spiro atoms. The van der Waals surface area contributed by atoms with E-state index in [2.05, 4.69) is 61.0 Å². The number of unbranched alkanes of at least 4 members (excludes halogenated alkanes) is 1. The number of ketones is 1. The smallest absolute Gasteiger partial charge is 0.262 e. The van der Waals surface area contributed by atoms with E-state index in [1.807, 2.05) is 97.1 Å². The summed E-state index contributed by atoms with van der Waals surface area (Å²) in [6.07, 6.45) is 5.31. The van der Waals surface area contributed by atoms with Crippen LogP contribution in [0.3, 0.4) is 0 Å². The number of carbonyl (C=O) groups excluding carboxylic acids is 5. The third-order valence-corrected chi connectivity index (χ3v) is 16.7. The Morgan fingerprint density at radius 3 is 1.75 bits per heavy atom. The van der Waals surface area contributed by atoms with Gasteiger partial charge in [-0.1, -0.05) is 148 Å². The molecule has 4 amide bonds. The molecule has 4 aromatic rings. The van der Waals surface area contributed by atoms with Crippen molar-refractivity contribution < 1.29 is 28.4 Å². The minimum absolute atomic E-state index is 0.161. The van der Waals surface area contributed by atoms with E-state index < -0.39 is 56.3 Å². The molecule has 60 heavy (non-hydrogen) atoms. The molecule has 2 saturated heterocycles. The zero-order valence-electron chi connectivity index (χ0n) is 35.1. The summed E-state index contributed by atoms with van der Waals surface area (Å²) >= 11 is 0. The molecule has 11 heteroatoms. The van der Waals surface area contributed by atoms with E-state index in [0.29, 0.717) is 32.2 Å². The average molecular weight is 827 g/mol. The molecule has 4 aromatic carbocycles. The summed E-state index contributed by atoms with van der Waals surface area (Å²) in [4.78, 5) is 71.5. The lowest BCUT2D eigenvalue weighted by Gasteiger charge is -2.44. The van der Waals surface area contributed by atoms with Crippen LogP contribution >= 0.6 is 0 Å². The number of fused-ring (bicyclic) bond motifs is 1. The van der Waals surface area contributed by atoms with E-state index in [1.54, 1.807) is 24.0 Å². The van der Waals surface area contributed by atoms with Gasteiger partial charge < -0.3 is 25.3 Å². The van der Waals surface area contributed by atoms with Crippen molar-refractivity contribution in [2.75, 3.05) is 6.54 Å². The van der Waals surface area contributed by atoms with E-state index >= 15 is 0 Å². The van der Waals surface area contributed by atoms with Crippen molar-refractivity contribution in [1.29, 1.82) is 0 Å². The first-order valence-electron chi connectivity index (χ1n) is 21.2. The molecule has 2 aliphatic rings. The highest BCUT2D eigenvalue weighted by Gasteiger charge is 2.51. The van der Waals surface area contributed by atoms with Crippen LogP contribution < -0.4 is 26.3 Å². The fourth-order valence-corrected chi connectivity index (χ4v) is 13.1. The highest BCUT2D eigenvalue weighted by Crippen LogP contribution is 2.37. The summed E-state index contributed by atoms with van der Waals surface area (Å²) in [5.41, 5.74) is 1.70. The van der Waals surface area contributed by atoms with Crippen LogP contribution in [0.1, 0.15) is 70.9 Å². The Kier molecular flexibility index (Phi) is 14.7. The summed E-state index contributed by atoms with van der Waals surface area (Å²) < 4.78 is 7.00. The number of hydrogen-bond donors (Lipinski definition) is 3. The van der Waals surface area contributed by atoms with Crippen LogP contribution in [0, 0.1) is 0 Å². The predicted octanol–water partition coefficient (Wildman–Crippen LogP) is 5.19. The standard InChI is InChI=1S/C49H58N4O6Si/c1-35(59-60(49(2,3)4,38-25-14-7-15-26-38)39-27-16-8-17-28-39)44(54)31-19-9-18-29-40-45(55)51-41(33-36-21-10-5-11-22-36)46(56)52-42(34-37-23-12-6-13-24-37)48(58)53-32-20-30-43(53)47(57)50-40/h5-8,10-17,19,21-28,31,35,40-43H,9,18,20,29-30,32-34H2,1-4H3,(H,50,57)(H,51,55)(H,52,56)/b31-19+/t35-,40-,41-,42-,43+/m0/s1. The molecule has 2 heterocycles. The lowest BCUT2D eigenvalue weighted by atomic mass is 10.00. The number of hydrogen-bond acceptors (Lipinski definition) is 6. The molecule has 10 nitrogen and oxygen atoms in total. The molecule has 314 valence electrons. The van der Waals surface area contributed by atoms with E-state index in [0.717, 1.165) is 21.5 Å². The molecule has 5 atom stereocenters. The minimum atomic E-state index is -2.95. The monoisotopic (exact) mass is 826 g/mol. The first kappa shape index (κ1) is 43.9. The Bertz CT molecular complexity index is 2070. The lowest BCUT2D eigenvalue weighted by Crippen LogP contribution is -2.68. The van der Waals surface area contributed by atoms with Crippen molar-refractivity contribution in [2.24, 2.45) is 0 Å². The number of carbonyl (C=O) groups is 5. The number of nitrogens with one attached hydrogen (secondary N) is 3. The first-order valence-corrected chi connectivity index (χ1v) is 23.1. The molecule has 0 saturated carbocycles. The van der Waals surface area contributed by atoms with Gasteiger partial charge in [0.15, 0.2) is 5.78 Å². The highest BCUT2D eigenvalue weighted by molar-refractivity contribution is 6.99. The van der Waals surface area contributed by atoms with E-state index in [4.69, 9.17) is 4.43 Å². The lowest BCUT2D eigenvalue weighted by molar-refractivity contribution is -0.143. The number of benzene rings is 4. The van der Waals surface area contributed by atoms with Gasteiger partial charge in [-0.15, -0.1) is 0 Å². The molecule has 2 aliphatic heterocycles. The van der Waals surface area contributed by atoms with Crippen molar-refractivity contribution in [3.63, 3.8) is 0 Å². The molecular weight excluding hydrogens is 769 g/mol. The second-order valence-corrected chi connectivity index (χ2v) is 21.2. The number of allylic oxidation sites excluding steroid dienone is 1. The summed E-state index contributed by atoms with van der Waals surface area (Å²) in [5.74, 6) is -1.84. The second-order valence-electron chi connectivity index (χ2n) is 16.9. The third kappa shape index (κ3) is 10.6. The van der Waals surface area contributed by atoms with Gasteiger partial charge in [-0.2, -0.15) is 0 Å². The maximum Gasteiger partial charge on any atom is 0.262 e. The van der Waals surface area contributed by atoms with Crippen LogP contribution in [-0.4, -0.2) is 79.4 Å². The molecular formula is C49H58N4O6Si. The van der Waals surface area contributed by atoms with Gasteiger partial charge in [-0.3, -0.25) is 24.0 Å². The van der Waals surface area contributed by atoms with Gasteiger partial charge in [0.05, 0.1) is 0 Å². The van der Waals surface area contributed by atoms with Crippen molar-refractivity contribution in [3.8, 4) is 0 Å². The summed E-state index contributed by atoms with van der Waals surface area (Å²) in [7, 11) is -2.95. The average Bonchev–Trinajstić information content (AvgIpc) is 3.75. The van der Waals surface area contributed by atoms with Gasteiger partial charge in [0.25, 0.3) is 8.32 Å². The van der Waals surface area contributed by atoms with Crippen LogP contribution in [0.2, 0.25) is 5.04 Å². The van der Waals surface area contributed by atoms with Crippen molar-refractivity contribution in [1.82, 2.24) is 20.9 Å². The van der Waals surface area contributed by atoms with E-state index in [1.165, 1.54) is 0 Å². The topological polar surface area (TPSA) is 134 Å². The van der Waals surface area contributed by atoms with E-state index in [9.17, 15) is 24.0 Å². The van der Waals surface area contributed by atoms with Gasteiger partial charge in [0, 0.05) is 19.4 Å². The third-order valence-electron chi connectivity index (χ3n) is 11.6. The summed E-state index contributed by atoms with van der Waals surface area (Å²) in [5, 5.41) is 10.7. The van der Waals surface area contributed by atoms with Crippen molar-refractivity contribution >= 4 is 48.1 Å². The Balaban J connectivity index is 1.17. The molecule has 0 radical (unpaired) electrons. The first-order chi connectivity index (χ1) is 28.9. The number of rotatable bonds is 14. The van der Waals surface area contributed by atoms with Gasteiger partial charge in [-0.25, -0.2) is 0 Å². The fourth-order valence-electron chi connectivity index (χ4n) is 8.48. The minimum Gasteiger partial charge on any atom is -0.397 e. The Labute approximate surface area is 355 Å². The van der Waals surface area contributed by atoms with Gasteiger partial charge in [0.2, 0.25) is 23.6 Å². The summed E-state index contributed by atoms with van der Waals surface area (Å²) in [6, 6.07) is 35.5. The number of nitrogens with zero attached hydrogens (tertiary/aromatic N) is 1. The second kappa shape index (κ2) is 20.1. The van der Waals surface area contributed by atoms with E-state index in [-0.39, 0.29) is 36.0 Å². The molecule has 3 N–H and O–H groups in total. The molecule has 0 aromatic heterocycles. The van der Waals surface area contributed by atoms with Crippen LogP contribution in [-0.2, 0) is 41.2 Å². The molecule has 0 bridgehead atoms. The van der Waals surface area contributed by atoms with Crippen molar-refractivity contribution in [3.05, 3.63) is 145 Å². The molecule has 0 aliphatic carbocycles. The van der Waals surface area contributed by atoms with Crippen LogP contribution in [0.4, 0.5) is 0 Å². The Morgan fingerprint density at radius 2 is 1.20 bits per heavy atom.